The van der Waals surface area contributed by atoms with Crippen molar-refractivity contribution in [1.82, 2.24) is 4.98 Å². The highest BCUT2D eigenvalue weighted by Crippen LogP contribution is 2.25. The normalized spacial score (nSPS) is 10.6. The Labute approximate surface area is 90.2 Å². The number of carbonyl (C=O) groups is 1. The molecular formula is C10H10F3NO2. The van der Waals surface area contributed by atoms with Gasteiger partial charge in [0.05, 0.1) is 6.61 Å². The van der Waals surface area contributed by atoms with Crippen LogP contribution in [0.25, 0.3) is 0 Å². The molecule has 0 spiro atoms. The van der Waals surface area contributed by atoms with Gasteiger partial charge in [0.15, 0.2) is 0 Å². The third kappa shape index (κ3) is 2.50. The van der Waals surface area contributed by atoms with Crippen molar-refractivity contribution in [1.29, 1.82) is 0 Å². The average Bonchev–Trinajstić information content (AvgIpc) is 2.16. The van der Waals surface area contributed by atoms with Gasteiger partial charge in [-0.25, -0.2) is 18.6 Å². The maximum atomic E-state index is 13.3. The van der Waals surface area contributed by atoms with Crippen molar-refractivity contribution >= 4 is 5.97 Å². The number of rotatable bonds is 3. The fraction of sp³-hybridized carbons (Fsp3) is 0.400. The molecule has 0 aliphatic rings. The lowest BCUT2D eigenvalue weighted by Crippen LogP contribution is -2.13. The number of aromatic nitrogens is 1. The standard InChI is InChI=1S/C10H10F3NO2/c1-3-16-10(15)7-6(8(11)12)4-5(2)14-9(7)13/h4,8H,3H2,1-2H3. The molecule has 6 heteroatoms. The van der Waals surface area contributed by atoms with Crippen LogP contribution in [-0.2, 0) is 4.74 Å². The van der Waals surface area contributed by atoms with E-state index in [1.165, 1.54) is 13.8 Å². The fourth-order valence-corrected chi connectivity index (χ4v) is 1.24. The number of nitrogens with zero attached hydrogens (tertiary/aromatic N) is 1. The van der Waals surface area contributed by atoms with Crippen molar-refractivity contribution in [2.24, 2.45) is 0 Å². The summed E-state index contributed by atoms with van der Waals surface area (Å²) in [6, 6.07) is 0.972. The quantitative estimate of drug-likeness (QED) is 0.595. The van der Waals surface area contributed by atoms with E-state index in [0.717, 1.165) is 6.07 Å². The molecule has 1 heterocycles. The number of alkyl halides is 2. The molecule has 0 N–H and O–H groups in total. The van der Waals surface area contributed by atoms with E-state index in [4.69, 9.17) is 0 Å². The second-order valence-electron chi connectivity index (χ2n) is 3.04. The van der Waals surface area contributed by atoms with Gasteiger partial charge in [0.2, 0.25) is 5.95 Å². The average molecular weight is 233 g/mol. The molecule has 0 unspecified atom stereocenters. The molecule has 0 saturated heterocycles. The second kappa shape index (κ2) is 4.96. The first-order chi connectivity index (χ1) is 7.47. The summed E-state index contributed by atoms with van der Waals surface area (Å²) in [5.74, 6) is -2.35. The maximum Gasteiger partial charge on any atom is 0.343 e. The predicted octanol–water partition coefficient (Wildman–Crippen LogP) is 2.64. The summed E-state index contributed by atoms with van der Waals surface area (Å²) in [7, 11) is 0. The Bertz CT molecular complexity index is 407. The number of esters is 1. The van der Waals surface area contributed by atoms with Gasteiger partial charge in [-0.3, -0.25) is 0 Å². The van der Waals surface area contributed by atoms with E-state index in [1.807, 2.05) is 0 Å². The lowest BCUT2D eigenvalue weighted by molar-refractivity contribution is 0.0508. The minimum Gasteiger partial charge on any atom is -0.462 e. The van der Waals surface area contributed by atoms with Gasteiger partial charge in [0.1, 0.15) is 5.56 Å². The van der Waals surface area contributed by atoms with Crippen LogP contribution in [0.4, 0.5) is 13.2 Å². The van der Waals surface area contributed by atoms with Gasteiger partial charge in [0, 0.05) is 11.3 Å². The first kappa shape index (κ1) is 12.5. The highest BCUT2D eigenvalue weighted by atomic mass is 19.3. The van der Waals surface area contributed by atoms with Crippen LogP contribution >= 0.6 is 0 Å². The van der Waals surface area contributed by atoms with E-state index in [2.05, 4.69) is 9.72 Å². The van der Waals surface area contributed by atoms with Crippen LogP contribution < -0.4 is 0 Å². The van der Waals surface area contributed by atoms with Gasteiger partial charge < -0.3 is 4.74 Å². The molecule has 16 heavy (non-hydrogen) atoms. The molecule has 0 bridgehead atoms. The molecule has 0 aliphatic carbocycles. The molecule has 3 nitrogen and oxygen atoms in total. The first-order valence-corrected chi connectivity index (χ1v) is 4.59. The van der Waals surface area contributed by atoms with E-state index >= 15 is 0 Å². The highest BCUT2D eigenvalue weighted by Gasteiger charge is 2.25. The largest absolute Gasteiger partial charge is 0.462 e. The minimum atomic E-state index is -2.95. The zero-order valence-corrected chi connectivity index (χ0v) is 8.76. The highest BCUT2D eigenvalue weighted by molar-refractivity contribution is 5.91. The van der Waals surface area contributed by atoms with Gasteiger partial charge in [-0.1, -0.05) is 0 Å². The van der Waals surface area contributed by atoms with Crippen molar-refractivity contribution in [3.8, 4) is 0 Å². The zero-order chi connectivity index (χ0) is 12.3. The van der Waals surface area contributed by atoms with Crippen LogP contribution in [0.15, 0.2) is 6.07 Å². The lowest BCUT2D eigenvalue weighted by atomic mass is 10.1. The lowest BCUT2D eigenvalue weighted by Gasteiger charge is -2.09. The predicted molar refractivity (Wildman–Crippen MR) is 49.8 cm³/mol. The molecule has 1 aromatic rings. The van der Waals surface area contributed by atoms with Crippen LogP contribution in [0.2, 0.25) is 0 Å². The number of ether oxygens (including phenoxy) is 1. The summed E-state index contributed by atoms with van der Waals surface area (Å²) in [6.07, 6.45) is -2.95. The van der Waals surface area contributed by atoms with Crippen molar-refractivity contribution in [3.05, 3.63) is 28.8 Å². The molecule has 0 radical (unpaired) electrons. The molecule has 0 atom stereocenters. The molecule has 0 aliphatic heterocycles. The Kier molecular flexibility index (Phi) is 3.87. The topological polar surface area (TPSA) is 39.2 Å². The SMILES string of the molecule is CCOC(=O)c1c(C(F)F)cc(C)nc1F. The Hall–Kier alpha value is -1.59. The van der Waals surface area contributed by atoms with E-state index in [1.54, 1.807) is 0 Å². The van der Waals surface area contributed by atoms with Crippen molar-refractivity contribution in [2.75, 3.05) is 6.61 Å². The third-order valence-corrected chi connectivity index (χ3v) is 1.85. The van der Waals surface area contributed by atoms with Crippen LogP contribution in [0, 0.1) is 12.9 Å². The summed E-state index contributed by atoms with van der Waals surface area (Å²) >= 11 is 0. The first-order valence-electron chi connectivity index (χ1n) is 4.59. The number of hydrogen-bond acceptors (Lipinski definition) is 3. The van der Waals surface area contributed by atoms with Crippen molar-refractivity contribution < 1.29 is 22.7 Å². The monoisotopic (exact) mass is 233 g/mol. The van der Waals surface area contributed by atoms with Gasteiger partial charge in [-0.2, -0.15) is 4.39 Å². The van der Waals surface area contributed by atoms with Gasteiger partial charge in [0.25, 0.3) is 6.43 Å². The van der Waals surface area contributed by atoms with E-state index in [-0.39, 0.29) is 12.3 Å². The second-order valence-corrected chi connectivity index (χ2v) is 3.04. The Balaban J connectivity index is 3.29. The molecule has 1 rings (SSSR count). The molecule has 88 valence electrons. The Morgan fingerprint density at radius 2 is 2.19 bits per heavy atom. The number of hydrogen-bond donors (Lipinski definition) is 0. The van der Waals surface area contributed by atoms with E-state index < -0.39 is 29.5 Å². The van der Waals surface area contributed by atoms with Crippen molar-refractivity contribution in [2.45, 2.75) is 20.3 Å². The molecule has 0 fully saturated rings. The number of aryl methyl sites for hydroxylation is 1. The molecule has 0 aromatic carbocycles. The third-order valence-electron chi connectivity index (χ3n) is 1.85. The summed E-state index contributed by atoms with van der Waals surface area (Å²) in [5, 5.41) is 0. The Morgan fingerprint density at radius 1 is 1.56 bits per heavy atom. The molecular weight excluding hydrogens is 223 g/mol. The molecule has 1 aromatic heterocycles. The van der Waals surface area contributed by atoms with Gasteiger partial charge >= 0.3 is 5.97 Å². The smallest absolute Gasteiger partial charge is 0.343 e. The van der Waals surface area contributed by atoms with Gasteiger partial charge in [-0.15, -0.1) is 0 Å². The maximum absolute atomic E-state index is 13.3. The molecule has 0 amide bonds. The summed E-state index contributed by atoms with van der Waals surface area (Å²) in [6.45, 7) is 2.85. The summed E-state index contributed by atoms with van der Waals surface area (Å²) < 4.78 is 43.0. The van der Waals surface area contributed by atoms with E-state index in [9.17, 15) is 18.0 Å². The minimum absolute atomic E-state index is 0.0190. The van der Waals surface area contributed by atoms with Crippen LogP contribution in [0.1, 0.15) is 35.0 Å². The fourth-order valence-electron chi connectivity index (χ4n) is 1.24. The number of pyridine rings is 1. The zero-order valence-electron chi connectivity index (χ0n) is 8.76. The van der Waals surface area contributed by atoms with Gasteiger partial charge in [-0.05, 0) is 19.9 Å². The molecule has 0 saturated carbocycles. The van der Waals surface area contributed by atoms with Crippen molar-refractivity contribution in [3.63, 3.8) is 0 Å². The Morgan fingerprint density at radius 3 is 2.69 bits per heavy atom. The van der Waals surface area contributed by atoms with Crippen LogP contribution in [0.3, 0.4) is 0 Å². The van der Waals surface area contributed by atoms with Crippen LogP contribution in [-0.4, -0.2) is 17.6 Å². The summed E-state index contributed by atoms with van der Waals surface area (Å²) in [5.41, 5.74) is -1.40. The number of halogens is 3. The van der Waals surface area contributed by atoms with Crippen LogP contribution in [0.5, 0.6) is 0 Å². The summed E-state index contributed by atoms with van der Waals surface area (Å²) in [4.78, 5) is 14.6. The van der Waals surface area contributed by atoms with E-state index in [0.29, 0.717) is 0 Å². The number of carbonyl (C=O) groups excluding carboxylic acids is 1.